The second-order valence-electron chi connectivity index (χ2n) is 7.46. The first-order valence-corrected chi connectivity index (χ1v) is 10.3. The number of hydrogen-bond donors (Lipinski definition) is 6. The van der Waals surface area contributed by atoms with Crippen LogP contribution in [0.15, 0.2) is 72.8 Å². The van der Waals surface area contributed by atoms with Gasteiger partial charge in [0, 0.05) is 0 Å². The highest BCUT2D eigenvalue weighted by Crippen LogP contribution is 2.33. The molecule has 0 aromatic heterocycles. The molecule has 0 atom stereocenters. The van der Waals surface area contributed by atoms with Gasteiger partial charge in [0.15, 0.2) is 0 Å². The summed E-state index contributed by atoms with van der Waals surface area (Å²) in [5, 5.41) is 18.9. The molecule has 4 aromatic carbocycles. The van der Waals surface area contributed by atoms with Crippen LogP contribution < -0.4 is 32.4 Å². The molecule has 4 aromatic rings. The highest BCUT2D eigenvalue weighted by atomic mass is 16.5. The van der Waals surface area contributed by atoms with Crippen LogP contribution in [0.4, 0.5) is 22.7 Å². The molecule has 0 amide bonds. The summed E-state index contributed by atoms with van der Waals surface area (Å²) in [5.41, 5.74) is 28.0. The molecule has 10 N–H and O–H groups in total. The minimum Gasteiger partial charge on any atom is -0.506 e. The Morgan fingerprint density at radius 1 is 0.471 bits per heavy atom. The van der Waals surface area contributed by atoms with Crippen molar-refractivity contribution in [3.8, 4) is 45.3 Å². The highest BCUT2D eigenvalue weighted by Gasteiger charge is 2.07. The normalized spacial score (nSPS) is 10.2. The third-order valence-electron chi connectivity index (χ3n) is 5.19. The second-order valence-corrected chi connectivity index (χ2v) is 7.46. The van der Waals surface area contributed by atoms with Crippen molar-refractivity contribution in [2.75, 3.05) is 37.2 Å². The lowest BCUT2D eigenvalue weighted by atomic mass is 10.0. The topological polar surface area (TPSA) is 163 Å². The van der Waals surface area contributed by atoms with E-state index in [1.54, 1.807) is 50.6 Å². The van der Waals surface area contributed by atoms with Crippen molar-refractivity contribution in [2.24, 2.45) is 0 Å². The highest BCUT2D eigenvalue weighted by molar-refractivity contribution is 5.74. The molecule has 8 heteroatoms. The minimum atomic E-state index is 0.0221. The summed E-state index contributed by atoms with van der Waals surface area (Å²) in [5.74, 6) is 1.36. The van der Waals surface area contributed by atoms with E-state index in [0.29, 0.717) is 34.2 Å². The van der Waals surface area contributed by atoms with Crippen LogP contribution in [0, 0.1) is 0 Å². The number of ether oxygens (including phenoxy) is 2. The molecular formula is C26H28N4O4. The van der Waals surface area contributed by atoms with Crippen LogP contribution >= 0.6 is 0 Å². The Kier molecular flexibility index (Phi) is 7.23. The molecule has 34 heavy (non-hydrogen) atoms. The molecule has 0 radical (unpaired) electrons. The van der Waals surface area contributed by atoms with Crippen LogP contribution in [0.1, 0.15) is 0 Å². The average molecular weight is 461 g/mol. The van der Waals surface area contributed by atoms with E-state index in [2.05, 4.69) is 0 Å². The number of hydrogen-bond acceptors (Lipinski definition) is 8. The number of methoxy groups -OCH3 is 2. The molecular weight excluding hydrogens is 432 g/mol. The maximum absolute atomic E-state index is 9.47. The molecule has 0 aliphatic carbocycles. The maximum Gasteiger partial charge on any atom is 0.142 e. The molecule has 0 unspecified atom stereocenters. The molecule has 8 nitrogen and oxygen atoms in total. The van der Waals surface area contributed by atoms with Crippen LogP contribution in [0.3, 0.4) is 0 Å². The minimum absolute atomic E-state index is 0.0221. The van der Waals surface area contributed by atoms with Gasteiger partial charge in [0.05, 0.1) is 37.0 Å². The van der Waals surface area contributed by atoms with E-state index < -0.39 is 0 Å². The van der Waals surface area contributed by atoms with E-state index in [0.717, 1.165) is 22.3 Å². The predicted molar refractivity (Wildman–Crippen MR) is 138 cm³/mol. The zero-order valence-corrected chi connectivity index (χ0v) is 18.9. The molecule has 0 saturated heterocycles. The van der Waals surface area contributed by atoms with Gasteiger partial charge in [-0.25, -0.2) is 0 Å². The van der Waals surface area contributed by atoms with E-state index >= 15 is 0 Å². The zero-order chi connectivity index (χ0) is 24.8. The van der Waals surface area contributed by atoms with E-state index in [1.165, 1.54) is 0 Å². The molecule has 0 aliphatic rings. The number of nitrogens with two attached hydrogens (primary N) is 4. The monoisotopic (exact) mass is 460 g/mol. The van der Waals surface area contributed by atoms with Gasteiger partial charge in [0.25, 0.3) is 0 Å². The van der Waals surface area contributed by atoms with Crippen molar-refractivity contribution in [3.63, 3.8) is 0 Å². The number of rotatable bonds is 4. The first kappa shape index (κ1) is 23.9. The molecule has 0 aliphatic heterocycles. The van der Waals surface area contributed by atoms with Crippen molar-refractivity contribution >= 4 is 22.7 Å². The van der Waals surface area contributed by atoms with Gasteiger partial charge in [-0.05, 0) is 70.8 Å². The summed E-state index contributed by atoms with van der Waals surface area (Å²) in [6, 6.07) is 21.1. The van der Waals surface area contributed by atoms with Crippen LogP contribution in [-0.4, -0.2) is 24.4 Å². The van der Waals surface area contributed by atoms with Crippen LogP contribution in [0.5, 0.6) is 23.0 Å². The lowest BCUT2D eigenvalue weighted by Gasteiger charge is -2.10. The van der Waals surface area contributed by atoms with E-state index in [4.69, 9.17) is 32.4 Å². The number of phenolic OH excluding ortho intramolecular Hbond substituents is 2. The Morgan fingerprint density at radius 2 is 0.765 bits per heavy atom. The lowest BCUT2D eigenvalue weighted by molar-refractivity contribution is 0.416. The van der Waals surface area contributed by atoms with Crippen molar-refractivity contribution in [1.29, 1.82) is 0 Å². The van der Waals surface area contributed by atoms with Crippen molar-refractivity contribution in [3.05, 3.63) is 72.8 Å². The lowest BCUT2D eigenvalue weighted by Crippen LogP contribution is -1.94. The first-order valence-electron chi connectivity index (χ1n) is 10.3. The number of benzene rings is 4. The molecule has 0 bridgehead atoms. The summed E-state index contributed by atoms with van der Waals surface area (Å²) >= 11 is 0. The number of aromatic hydroxyl groups is 2. The fourth-order valence-corrected chi connectivity index (χ4v) is 3.23. The van der Waals surface area contributed by atoms with Gasteiger partial charge in [-0.3, -0.25) is 0 Å². The standard InChI is InChI=1S/C14H16N2O2.C12H12N2O2/c1-17-13-7-9(3-5-11(13)15)10-4-6-12(16)14(8-10)18-2;13-9-3-1-7(5-11(9)15)8-2-4-10(14)12(16)6-8/h3-8H,15-16H2,1-2H3;1-6,15-16H,13-14H2. The fraction of sp³-hybridized carbons (Fsp3) is 0.0769. The molecule has 0 heterocycles. The van der Waals surface area contributed by atoms with Crippen LogP contribution in [-0.2, 0) is 0 Å². The first-order chi connectivity index (χ1) is 16.2. The predicted octanol–water partition coefficient (Wildman–Crippen LogP) is 4.46. The Balaban J connectivity index is 0.000000192. The van der Waals surface area contributed by atoms with Gasteiger partial charge in [-0.15, -0.1) is 0 Å². The van der Waals surface area contributed by atoms with Gasteiger partial charge >= 0.3 is 0 Å². The van der Waals surface area contributed by atoms with Gasteiger partial charge < -0.3 is 42.6 Å². The Hall–Kier alpha value is -4.72. The number of nitrogen functional groups attached to an aromatic ring is 4. The smallest absolute Gasteiger partial charge is 0.142 e. The largest absolute Gasteiger partial charge is 0.506 e. The fourth-order valence-electron chi connectivity index (χ4n) is 3.23. The van der Waals surface area contributed by atoms with Crippen molar-refractivity contribution < 1.29 is 19.7 Å². The summed E-state index contributed by atoms with van der Waals surface area (Å²) in [4.78, 5) is 0. The van der Waals surface area contributed by atoms with Gasteiger partial charge in [0.1, 0.15) is 23.0 Å². The number of phenols is 2. The Bertz CT molecular complexity index is 1210. The Labute approximate surface area is 198 Å². The van der Waals surface area contributed by atoms with Gasteiger partial charge in [-0.1, -0.05) is 24.3 Å². The molecule has 0 saturated carbocycles. The third-order valence-corrected chi connectivity index (χ3v) is 5.19. The van der Waals surface area contributed by atoms with Crippen molar-refractivity contribution in [2.45, 2.75) is 0 Å². The van der Waals surface area contributed by atoms with E-state index in [1.807, 2.05) is 36.4 Å². The zero-order valence-electron chi connectivity index (χ0n) is 18.9. The molecule has 4 rings (SSSR count). The van der Waals surface area contributed by atoms with Gasteiger partial charge in [-0.2, -0.15) is 0 Å². The van der Waals surface area contributed by atoms with Crippen molar-refractivity contribution in [1.82, 2.24) is 0 Å². The molecule has 176 valence electrons. The summed E-state index contributed by atoms with van der Waals surface area (Å²) in [6.45, 7) is 0. The maximum atomic E-state index is 9.47. The number of anilines is 4. The second kappa shape index (κ2) is 10.3. The van der Waals surface area contributed by atoms with Crippen LogP contribution in [0.2, 0.25) is 0 Å². The van der Waals surface area contributed by atoms with Crippen LogP contribution in [0.25, 0.3) is 22.3 Å². The molecule has 0 spiro atoms. The average Bonchev–Trinajstić information content (AvgIpc) is 2.84. The molecule has 0 fully saturated rings. The van der Waals surface area contributed by atoms with Gasteiger partial charge in [0.2, 0.25) is 0 Å². The SMILES string of the molecule is COc1cc(-c2ccc(N)c(OC)c2)ccc1N.Nc1ccc(-c2ccc(N)c(O)c2)cc1O. The Morgan fingerprint density at radius 3 is 1.06 bits per heavy atom. The summed E-state index contributed by atoms with van der Waals surface area (Å²) < 4.78 is 10.4. The summed E-state index contributed by atoms with van der Waals surface area (Å²) in [7, 11) is 3.19. The van der Waals surface area contributed by atoms with E-state index in [9.17, 15) is 10.2 Å². The van der Waals surface area contributed by atoms with E-state index in [-0.39, 0.29) is 11.5 Å². The quantitative estimate of drug-likeness (QED) is 0.192. The summed E-state index contributed by atoms with van der Waals surface area (Å²) in [6.07, 6.45) is 0. The third kappa shape index (κ3) is 5.36.